The van der Waals surface area contributed by atoms with Crippen LogP contribution in [0.3, 0.4) is 0 Å². The summed E-state index contributed by atoms with van der Waals surface area (Å²) >= 11 is 14.5. The van der Waals surface area contributed by atoms with Gasteiger partial charge in [-0.05, 0) is 12.8 Å². The van der Waals surface area contributed by atoms with E-state index in [9.17, 15) is 0 Å². The Balaban J connectivity index is 2.46. The van der Waals surface area contributed by atoms with Crippen molar-refractivity contribution in [1.82, 2.24) is 0 Å². The first-order valence-electron chi connectivity index (χ1n) is 3.17. The van der Waals surface area contributed by atoms with Gasteiger partial charge in [0.25, 0.3) is 0 Å². The van der Waals surface area contributed by atoms with Crippen molar-refractivity contribution >= 4 is 63.7 Å². The molecule has 4 atom stereocenters. The molecule has 10 heavy (non-hydrogen) atoms. The summed E-state index contributed by atoms with van der Waals surface area (Å²) in [6, 6.07) is 0. The Labute approximate surface area is 95.0 Å². The molecule has 0 heterocycles. The first-order valence-corrected chi connectivity index (χ1v) is 6.84. The molecule has 1 aliphatic carbocycles. The largest absolute Gasteiger partial charge is 0.0878 e. The van der Waals surface area contributed by atoms with E-state index in [1.165, 1.54) is 12.8 Å². The maximum Gasteiger partial charge on any atom is 0.0282 e. The number of alkyl halides is 4. The summed E-state index contributed by atoms with van der Waals surface area (Å²) in [4.78, 5) is 2.47. The standard InChI is InChI=1S/C6H8Br4/c7-3-1-4(8)6(10)2-5(3)9/h3-6H,1-2H2/t3-,4+,5+,6-. The Kier molecular flexibility index (Phi) is 4.24. The van der Waals surface area contributed by atoms with Crippen LogP contribution in [0.15, 0.2) is 0 Å². The highest BCUT2D eigenvalue weighted by molar-refractivity contribution is 9.13. The van der Waals surface area contributed by atoms with Gasteiger partial charge in [0.05, 0.1) is 0 Å². The summed E-state index contributed by atoms with van der Waals surface area (Å²) < 4.78 is 0. The van der Waals surface area contributed by atoms with Crippen molar-refractivity contribution in [1.29, 1.82) is 0 Å². The van der Waals surface area contributed by atoms with E-state index in [1.807, 2.05) is 0 Å². The third-order valence-corrected chi connectivity index (χ3v) is 7.15. The average Bonchev–Trinajstić information content (AvgIpc) is 1.84. The Hall–Kier alpha value is 1.92. The second kappa shape index (κ2) is 4.24. The first-order chi connectivity index (χ1) is 4.61. The smallest absolute Gasteiger partial charge is 0.0282 e. The summed E-state index contributed by atoms with van der Waals surface area (Å²) in [6.45, 7) is 0. The van der Waals surface area contributed by atoms with Gasteiger partial charge in [0.1, 0.15) is 0 Å². The first kappa shape index (κ1) is 10.0. The van der Waals surface area contributed by atoms with Gasteiger partial charge in [0, 0.05) is 19.3 Å². The van der Waals surface area contributed by atoms with Crippen LogP contribution in [0.1, 0.15) is 12.8 Å². The summed E-state index contributed by atoms with van der Waals surface area (Å²) in [5.74, 6) is 0. The quantitative estimate of drug-likeness (QED) is 0.543. The highest BCUT2D eigenvalue weighted by Gasteiger charge is 2.31. The van der Waals surface area contributed by atoms with Crippen molar-refractivity contribution in [3.8, 4) is 0 Å². The van der Waals surface area contributed by atoms with Gasteiger partial charge in [-0.15, -0.1) is 0 Å². The minimum Gasteiger partial charge on any atom is -0.0878 e. The van der Waals surface area contributed by atoms with Crippen LogP contribution < -0.4 is 0 Å². The van der Waals surface area contributed by atoms with Crippen LogP contribution in [-0.4, -0.2) is 19.3 Å². The predicted octanol–water partition coefficient (Wildman–Crippen LogP) is 3.83. The minimum atomic E-state index is 0.616. The van der Waals surface area contributed by atoms with E-state index in [2.05, 4.69) is 63.7 Å². The average molecular weight is 400 g/mol. The van der Waals surface area contributed by atoms with Crippen LogP contribution in [0.4, 0.5) is 0 Å². The second-order valence-electron chi connectivity index (χ2n) is 2.54. The number of halogens is 4. The van der Waals surface area contributed by atoms with Gasteiger partial charge in [-0.3, -0.25) is 0 Å². The third-order valence-electron chi connectivity index (χ3n) is 1.69. The van der Waals surface area contributed by atoms with Crippen molar-refractivity contribution in [3.63, 3.8) is 0 Å². The van der Waals surface area contributed by atoms with Crippen molar-refractivity contribution in [3.05, 3.63) is 0 Å². The van der Waals surface area contributed by atoms with Crippen molar-refractivity contribution in [2.45, 2.75) is 32.2 Å². The number of hydrogen-bond acceptors (Lipinski definition) is 0. The molecule has 1 saturated carbocycles. The fraction of sp³-hybridized carbons (Fsp3) is 1.00. The van der Waals surface area contributed by atoms with E-state index in [1.54, 1.807) is 0 Å². The predicted molar refractivity (Wildman–Crippen MR) is 60.1 cm³/mol. The molecule has 1 rings (SSSR count). The molecule has 0 N–H and O–H groups in total. The van der Waals surface area contributed by atoms with Gasteiger partial charge < -0.3 is 0 Å². The summed E-state index contributed by atoms with van der Waals surface area (Å²) in [7, 11) is 0. The lowest BCUT2D eigenvalue weighted by molar-refractivity contribution is 0.575. The molecule has 0 aromatic carbocycles. The molecule has 0 bridgehead atoms. The molecule has 0 unspecified atom stereocenters. The molecule has 0 aromatic rings. The molecule has 0 radical (unpaired) electrons. The Morgan fingerprint density at radius 2 is 0.800 bits per heavy atom. The Morgan fingerprint density at radius 1 is 0.600 bits per heavy atom. The van der Waals surface area contributed by atoms with Gasteiger partial charge >= 0.3 is 0 Å². The fourth-order valence-corrected chi connectivity index (χ4v) is 4.50. The van der Waals surface area contributed by atoms with Crippen LogP contribution in [-0.2, 0) is 0 Å². The van der Waals surface area contributed by atoms with Gasteiger partial charge in [0.2, 0.25) is 0 Å². The highest BCUT2D eigenvalue weighted by atomic mass is 79.9. The van der Waals surface area contributed by atoms with E-state index < -0.39 is 0 Å². The lowest BCUT2D eigenvalue weighted by atomic mass is 10.0. The molecule has 1 aliphatic rings. The van der Waals surface area contributed by atoms with E-state index in [0.29, 0.717) is 19.3 Å². The second-order valence-corrected chi connectivity index (χ2v) is 7.24. The molecule has 4 heteroatoms. The van der Waals surface area contributed by atoms with Gasteiger partial charge in [-0.25, -0.2) is 0 Å². The Bertz CT molecular complexity index is 90.3. The van der Waals surface area contributed by atoms with Gasteiger partial charge in [-0.1, -0.05) is 63.7 Å². The summed E-state index contributed by atoms with van der Waals surface area (Å²) in [6.07, 6.45) is 2.37. The summed E-state index contributed by atoms with van der Waals surface area (Å²) in [5, 5.41) is 0. The molecular weight excluding hydrogens is 392 g/mol. The molecule has 0 saturated heterocycles. The van der Waals surface area contributed by atoms with Gasteiger partial charge in [-0.2, -0.15) is 0 Å². The molecule has 1 fully saturated rings. The third kappa shape index (κ3) is 2.46. The molecular formula is C6H8Br4. The monoisotopic (exact) mass is 396 g/mol. The lowest BCUT2D eigenvalue weighted by Gasteiger charge is -2.30. The Morgan fingerprint density at radius 3 is 1.00 bits per heavy atom. The van der Waals surface area contributed by atoms with Crippen molar-refractivity contribution in [2.24, 2.45) is 0 Å². The molecule has 0 spiro atoms. The van der Waals surface area contributed by atoms with Crippen molar-refractivity contribution in [2.75, 3.05) is 0 Å². The maximum atomic E-state index is 3.62. The lowest BCUT2D eigenvalue weighted by Crippen LogP contribution is -2.33. The van der Waals surface area contributed by atoms with E-state index in [0.717, 1.165) is 0 Å². The highest BCUT2D eigenvalue weighted by Crippen LogP contribution is 2.37. The number of hydrogen-bond donors (Lipinski definition) is 0. The normalized spacial score (nSPS) is 49.2. The zero-order valence-electron chi connectivity index (χ0n) is 5.24. The minimum absolute atomic E-state index is 0.616. The molecule has 60 valence electrons. The van der Waals surface area contributed by atoms with Crippen LogP contribution in [0, 0.1) is 0 Å². The van der Waals surface area contributed by atoms with Crippen LogP contribution in [0.5, 0.6) is 0 Å². The molecule has 0 nitrogen and oxygen atoms in total. The topological polar surface area (TPSA) is 0 Å². The zero-order chi connectivity index (χ0) is 7.72. The number of rotatable bonds is 0. The van der Waals surface area contributed by atoms with Crippen LogP contribution in [0.2, 0.25) is 0 Å². The van der Waals surface area contributed by atoms with Crippen LogP contribution >= 0.6 is 63.7 Å². The fourth-order valence-electron chi connectivity index (χ4n) is 1.02. The SMILES string of the molecule is Br[C@@H]1C[C@H](Br)[C@H](Br)C[C@@H]1Br. The van der Waals surface area contributed by atoms with Gasteiger partial charge in [0.15, 0.2) is 0 Å². The molecule has 0 aromatic heterocycles. The van der Waals surface area contributed by atoms with Crippen molar-refractivity contribution < 1.29 is 0 Å². The molecule has 0 amide bonds. The summed E-state index contributed by atoms with van der Waals surface area (Å²) in [5.41, 5.74) is 0. The zero-order valence-corrected chi connectivity index (χ0v) is 11.6. The van der Waals surface area contributed by atoms with Crippen LogP contribution in [0.25, 0.3) is 0 Å². The van der Waals surface area contributed by atoms with E-state index in [4.69, 9.17) is 0 Å². The molecule has 0 aliphatic heterocycles. The maximum absolute atomic E-state index is 3.62. The van der Waals surface area contributed by atoms with E-state index >= 15 is 0 Å². The van der Waals surface area contributed by atoms with E-state index in [-0.39, 0.29) is 0 Å².